The Balaban J connectivity index is 1.75. The van der Waals surface area contributed by atoms with Crippen LogP contribution in [0.25, 0.3) is 16.9 Å². The van der Waals surface area contributed by atoms with Crippen molar-refractivity contribution in [3.63, 3.8) is 0 Å². The summed E-state index contributed by atoms with van der Waals surface area (Å²) in [6.07, 6.45) is 8.66. The number of hydrogen-bond acceptors (Lipinski definition) is 6. The maximum atomic E-state index is 4.38. The van der Waals surface area contributed by atoms with Gasteiger partial charge in [0, 0.05) is 18.9 Å². The molecule has 4 rings (SSSR count). The Morgan fingerprint density at radius 2 is 2.04 bits per heavy atom. The van der Waals surface area contributed by atoms with Crippen LogP contribution >= 0.6 is 0 Å². The van der Waals surface area contributed by atoms with Crippen molar-refractivity contribution in [3.8, 4) is 5.82 Å². The standard InChI is InChI=1S/C15H14N8/c1-2-22-9-11(7-19-22)21-14-12-8-20-23(15(12)18-10-17-14)13-5-3-4-6-16-13/h3-10H,2H2,1H3,(H,17,18,21). The highest BCUT2D eigenvalue weighted by Crippen LogP contribution is 2.23. The summed E-state index contributed by atoms with van der Waals surface area (Å²) >= 11 is 0. The summed E-state index contributed by atoms with van der Waals surface area (Å²) in [7, 11) is 0. The van der Waals surface area contributed by atoms with Crippen LogP contribution in [-0.2, 0) is 6.54 Å². The molecule has 0 saturated heterocycles. The molecule has 23 heavy (non-hydrogen) atoms. The van der Waals surface area contributed by atoms with Gasteiger partial charge in [0.25, 0.3) is 0 Å². The van der Waals surface area contributed by atoms with Gasteiger partial charge in [0.05, 0.1) is 23.5 Å². The number of hydrogen-bond donors (Lipinski definition) is 1. The molecule has 0 radical (unpaired) electrons. The molecule has 0 aliphatic heterocycles. The second-order valence-corrected chi connectivity index (χ2v) is 4.91. The Hall–Kier alpha value is -3.29. The van der Waals surface area contributed by atoms with Crippen LogP contribution < -0.4 is 5.32 Å². The van der Waals surface area contributed by atoms with Gasteiger partial charge in [0.2, 0.25) is 0 Å². The van der Waals surface area contributed by atoms with Crippen LogP contribution in [0.5, 0.6) is 0 Å². The van der Waals surface area contributed by atoms with E-state index >= 15 is 0 Å². The van der Waals surface area contributed by atoms with Crippen LogP contribution in [0.4, 0.5) is 11.5 Å². The number of fused-ring (bicyclic) bond motifs is 1. The zero-order valence-electron chi connectivity index (χ0n) is 12.5. The molecule has 0 bridgehead atoms. The summed E-state index contributed by atoms with van der Waals surface area (Å²) in [6, 6.07) is 5.66. The molecule has 4 aromatic rings. The van der Waals surface area contributed by atoms with Crippen molar-refractivity contribution in [2.24, 2.45) is 0 Å². The topological polar surface area (TPSA) is 86.3 Å². The largest absolute Gasteiger partial charge is 0.337 e. The van der Waals surface area contributed by atoms with Gasteiger partial charge >= 0.3 is 0 Å². The number of rotatable bonds is 4. The van der Waals surface area contributed by atoms with Gasteiger partial charge in [-0.15, -0.1) is 0 Å². The Morgan fingerprint density at radius 3 is 2.83 bits per heavy atom. The third-order valence-electron chi connectivity index (χ3n) is 3.45. The van der Waals surface area contributed by atoms with Crippen LogP contribution in [-0.4, -0.2) is 34.5 Å². The summed E-state index contributed by atoms with van der Waals surface area (Å²) in [6.45, 7) is 2.86. The van der Waals surface area contributed by atoms with Gasteiger partial charge < -0.3 is 5.32 Å². The zero-order chi connectivity index (χ0) is 15.6. The smallest absolute Gasteiger partial charge is 0.170 e. The first kappa shape index (κ1) is 13.4. The van der Waals surface area contributed by atoms with Crippen molar-refractivity contribution < 1.29 is 0 Å². The molecule has 0 aromatic carbocycles. The van der Waals surface area contributed by atoms with E-state index in [1.165, 1.54) is 6.33 Å². The van der Waals surface area contributed by atoms with E-state index in [0.29, 0.717) is 17.3 Å². The molecule has 1 N–H and O–H groups in total. The average Bonchev–Trinajstić information content (AvgIpc) is 3.23. The molecule has 0 spiro atoms. The van der Waals surface area contributed by atoms with Gasteiger partial charge in [-0.1, -0.05) is 6.07 Å². The predicted molar refractivity (Wildman–Crippen MR) is 85.6 cm³/mol. The van der Waals surface area contributed by atoms with Gasteiger partial charge in [-0.3, -0.25) is 4.68 Å². The third kappa shape index (κ3) is 2.39. The van der Waals surface area contributed by atoms with Crippen LogP contribution in [0.15, 0.2) is 49.3 Å². The highest BCUT2D eigenvalue weighted by Gasteiger charge is 2.12. The maximum Gasteiger partial charge on any atom is 0.170 e. The van der Waals surface area contributed by atoms with Crippen molar-refractivity contribution in [2.45, 2.75) is 13.5 Å². The minimum Gasteiger partial charge on any atom is -0.337 e. The molecule has 4 heterocycles. The fourth-order valence-corrected chi connectivity index (χ4v) is 2.33. The van der Waals surface area contributed by atoms with Gasteiger partial charge in [-0.05, 0) is 19.1 Å². The lowest BCUT2D eigenvalue weighted by molar-refractivity contribution is 0.660. The number of anilines is 2. The molecule has 4 aromatic heterocycles. The molecular formula is C15H14N8. The Kier molecular flexibility index (Phi) is 3.19. The van der Waals surface area contributed by atoms with Crippen LogP contribution in [0.1, 0.15) is 6.92 Å². The molecule has 8 nitrogen and oxygen atoms in total. The fraction of sp³-hybridized carbons (Fsp3) is 0.133. The van der Waals surface area contributed by atoms with Crippen LogP contribution in [0, 0.1) is 0 Å². The monoisotopic (exact) mass is 306 g/mol. The highest BCUT2D eigenvalue weighted by atomic mass is 15.3. The first-order valence-corrected chi connectivity index (χ1v) is 7.25. The lowest BCUT2D eigenvalue weighted by Gasteiger charge is -2.04. The number of pyridine rings is 1. The normalized spacial score (nSPS) is 11.0. The van der Waals surface area contributed by atoms with E-state index in [-0.39, 0.29) is 0 Å². The van der Waals surface area contributed by atoms with Crippen molar-refractivity contribution >= 4 is 22.5 Å². The summed E-state index contributed by atoms with van der Waals surface area (Å²) < 4.78 is 3.54. The van der Waals surface area contributed by atoms with E-state index in [1.807, 2.05) is 36.0 Å². The van der Waals surface area contributed by atoms with Crippen molar-refractivity contribution in [3.05, 3.63) is 49.3 Å². The van der Waals surface area contributed by atoms with Crippen LogP contribution in [0.2, 0.25) is 0 Å². The van der Waals surface area contributed by atoms with Gasteiger partial charge in [-0.2, -0.15) is 14.9 Å². The predicted octanol–water partition coefficient (Wildman–Crippen LogP) is 2.17. The highest BCUT2D eigenvalue weighted by molar-refractivity contribution is 5.88. The second-order valence-electron chi connectivity index (χ2n) is 4.91. The van der Waals surface area contributed by atoms with Crippen LogP contribution in [0.3, 0.4) is 0 Å². The van der Waals surface area contributed by atoms with Crippen molar-refractivity contribution in [1.82, 2.24) is 34.5 Å². The Morgan fingerprint density at radius 1 is 1.09 bits per heavy atom. The fourth-order valence-electron chi connectivity index (χ4n) is 2.33. The zero-order valence-corrected chi connectivity index (χ0v) is 12.5. The molecule has 0 atom stereocenters. The summed E-state index contributed by atoms with van der Waals surface area (Å²) in [5.74, 6) is 1.40. The number of aromatic nitrogens is 7. The van der Waals surface area contributed by atoms with Gasteiger partial charge in [0.15, 0.2) is 11.5 Å². The molecule has 0 aliphatic rings. The Labute approximate surface area is 131 Å². The van der Waals surface area contributed by atoms with E-state index in [4.69, 9.17) is 0 Å². The molecule has 0 unspecified atom stereocenters. The Bertz CT molecular complexity index is 940. The molecule has 0 fully saturated rings. The number of aryl methyl sites for hydroxylation is 1. The van der Waals surface area contributed by atoms with Crippen molar-refractivity contribution in [2.75, 3.05) is 5.32 Å². The van der Waals surface area contributed by atoms with E-state index in [1.54, 1.807) is 23.3 Å². The minimum absolute atomic E-state index is 0.688. The van der Waals surface area contributed by atoms with E-state index in [0.717, 1.165) is 17.6 Å². The number of nitrogens with one attached hydrogen (secondary N) is 1. The maximum absolute atomic E-state index is 4.38. The molecule has 0 saturated carbocycles. The lowest BCUT2D eigenvalue weighted by atomic mass is 10.3. The molecule has 0 amide bonds. The quantitative estimate of drug-likeness (QED) is 0.622. The van der Waals surface area contributed by atoms with E-state index < -0.39 is 0 Å². The summed E-state index contributed by atoms with van der Waals surface area (Å²) in [5.41, 5.74) is 1.57. The average molecular weight is 306 g/mol. The summed E-state index contributed by atoms with van der Waals surface area (Å²) in [5, 5.41) is 12.7. The third-order valence-corrected chi connectivity index (χ3v) is 3.45. The molecule has 0 aliphatic carbocycles. The summed E-state index contributed by atoms with van der Waals surface area (Å²) in [4.78, 5) is 12.9. The van der Waals surface area contributed by atoms with Gasteiger partial charge in [-0.25, -0.2) is 15.0 Å². The first-order valence-electron chi connectivity index (χ1n) is 7.25. The first-order chi connectivity index (χ1) is 11.3. The minimum atomic E-state index is 0.688. The molecule has 114 valence electrons. The molecule has 8 heteroatoms. The molecular weight excluding hydrogens is 292 g/mol. The number of nitrogens with zero attached hydrogens (tertiary/aromatic N) is 7. The van der Waals surface area contributed by atoms with Gasteiger partial charge in [0.1, 0.15) is 12.1 Å². The second kappa shape index (κ2) is 5.48. The van der Waals surface area contributed by atoms with E-state index in [9.17, 15) is 0 Å². The SMILES string of the molecule is CCn1cc(Nc2ncnc3c2cnn3-c2ccccn2)cn1. The lowest BCUT2D eigenvalue weighted by Crippen LogP contribution is -2.01. The van der Waals surface area contributed by atoms with Crippen molar-refractivity contribution in [1.29, 1.82) is 0 Å². The van der Waals surface area contributed by atoms with E-state index in [2.05, 4.69) is 30.5 Å².